The third-order valence-electron chi connectivity index (χ3n) is 3.58. The average molecular weight is 248 g/mol. The van der Waals surface area contributed by atoms with Crippen LogP contribution in [-0.2, 0) is 0 Å². The predicted molar refractivity (Wildman–Crippen MR) is 70.0 cm³/mol. The molecule has 2 unspecified atom stereocenters. The zero-order valence-corrected chi connectivity index (χ0v) is 10.7. The van der Waals surface area contributed by atoms with Gasteiger partial charge >= 0.3 is 0 Å². The van der Waals surface area contributed by atoms with Gasteiger partial charge in [0, 0.05) is 12.1 Å². The summed E-state index contributed by atoms with van der Waals surface area (Å²) in [5, 5.41) is 4.14. The van der Waals surface area contributed by atoms with Crippen LogP contribution in [0.25, 0.3) is 10.2 Å². The van der Waals surface area contributed by atoms with Crippen molar-refractivity contribution in [2.75, 3.05) is 13.6 Å². The minimum absolute atomic E-state index is 0.312. The van der Waals surface area contributed by atoms with E-state index in [9.17, 15) is 0 Å². The maximum absolute atomic E-state index is 6.09. The molecule has 2 N–H and O–H groups in total. The molecule has 5 heteroatoms. The molecule has 2 aromatic rings. The monoisotopic (exact) mass is 248 g/mol. The molecule has 0 aliphatic carbocycles. The average Bonchev–Trinajstić information content (AvgIpc) is 2.80. The fourth-order valence-corrected chi connectivity index (χ4v) is 3.28. The van der Waals surface area contributed by atoms with Crippen molar-refractivity contribution in [2.45, 2.75) is 24.9 Å². The van der Waals surface area contributed by atoms with E-state index >= 15 is 0 Å². The molecule has 0 bridgehead atoms. The number of rotatable bonds is 1. The highest BCUT2D eigenvalue weighted by molar-refractivity contribution is 7.13. The number of likely N-dealkylation sites (tertiary alicyclic amines) is 1. The summed E-state index contributed by atoms with van der Waals surface area (Å²) in [7, 11) is 2.17. The Bertz CT molecular complexity index is 524. The first-order chi connectivity index (χ1) is 8.25. The SMILES string of the molecule is CN1CCC(N)CC1c1cccc2nnsc12. The number of fused-ring (bicyclic) bond motifs is 1. The Morgan fingerprint density at radius 1 is 1.47 bits per heavy atom. The first-order valence-electron chi connectivity index (χ1n) is 5.92. The van der Waals surface area contributed by atoms with E-state index in [1.54, 1.807) is 0 Å². The highest BCUT2D eigenvalue weighted by atomic mass is 32.1. The molecule has 1 fully saturated rings. The maximum Gasteiger partial charge on any atom is 0.106 e. The molecule has 90 valence electrons. The highest BCUT2D eigenvalue weighted by Gasteiger charge is 2.26. The molecule has 0 radical (unpaired) electrons. The molecule has 2 heterocycles. The van der Waals surface area contributed by atoms with Crippen LogP contribution in [-0.4, -0.2) is 34.1 Å². The second-order valence-electron chi connectivity index (χ2n) is 4.75. The fraction of sp³-hybridized carbons (Fsp3) is 0.500. The summed E-state index contributed by atoms with van der Waals surface area (Å²) in [4.78, 5) is 2.39. The molecule has 1 saturated heterocycles. The van der Waals surface area contributed by atoms with Crippen molar-refractivity contribution in [2.24, 2.45) is 5.73 Å². The largest absolute Gasteiger partial charge is 0.328 e. The summed E-state index contributed by atoms with van der Waals surface area (Å²) < 4.78 is 5.25. The van der Waals surface area contributed by atoms with Crippen LogP contribution >= 0.6 is 11.5 Å². The van der Waals surface area contributed by atoms with Gasteiger partial charge in [-0.25, -0.2) is 0 Å². The van der Waals surface area contributed by atoms with E-state index in [1.807, 2.05) is 6.07 Å². The first-order valence-corrected chi connectivity index (χ1v) is 6.70. The molecule has 0 spiro atoms. The van der Waals surface area contributed by atoms with Crippen LogP contribution in [0.5, 0.6) is 0 Å². The topological polar surface area (TPSA) is 55.0 Å². The number of piperidine rings is 1. The number of benzene rings is 1. The number of hydrogen-bond acceptors (Lipinski definition) is 5. The molecule has 1 aliphatic rings. The molecule has 2 atom stereocenters. The minimum atomic E-state index is 0.312. The number of nitrogens with two attached hydrogens (primary N) is 1. The van der Waals surface area contributed by atoms with Gasteiger partial charge in [-0.05, 0) is 49.6 Å². The van der Waals surface area contributed by atoms with Crippen LogP contribution in [0.1, 0.15) is 24.4 Å². The molecule has 0 amide bonds. The summed E-state index contributed by atoms with van der Waals surface area (Å²) in [6.07, 6.45) is 2.11. The van der Waals surface area contributed by atoms with Gasteiger partial charge in [-0.15, -0.1) is 5.10 Å². The lowest BCUT2D eigenvalue weighted by Gasteiger charge is -2.36. The van der Waals surface area contributed by atoms with Crippen LogP contribution in [0.4, 0.5) is 0 Å². The molecule has 1 aliphatic heterocycles. The van der Waals surface area contributed by atoms with Crippen LogP contribution < -0.4 is 5.73 Å². The number of nitrogens with zero attached hydrogens (tertiary/aromatic N) is 3. The second-order valence-corrected chi connectivity index (χ2v) is 5.50. The van der Waals surface area contributed by atoms with Crippen molar-refractivity contribution in [3.8, 4) is 0 Å². The van der Waals surface area contributed by atoms with Gasteiger partial charge in [0.15, 0.2) is 0 Å². The summed E-state index contributed by atoms with van der Waals surface area (Å²) in [5.74, 6) is 0. The quantitative estimate of drug-likeness (QED) is 0.836. The van der Waals surface area contributed by atoms with E-state index in [2.05, 4.69) is 33.7 Å². The van der Waals surface area contributed by atoms with E-state index in [0.29, 0.717) is 12.1 Å². The highest BCUT2D eigenvalue weighted by Crippen LogP contribution is 2.34. The molecule has 0 saturated carbocycles. The Morgan fingerprint density at radius 3 is 3.24 bits per heavy atom. The standard InChI is InChI=1S/C12H16N4S/c1-16-6-5-8(13)7-11(16)9-3-2-4-10-12(9)17-15-14-10/h2-4,8,11H,5-7,13H2,1H3. The summed E-state index contributed by atoms with van der Waals surface area (Å²) >= 11 is 1.48. The molecule has 1 aromatic carbocycles. The van der Waals surface area contributed by atoms with Crippen LogP contribution in [0, 0.1) is 0 Å². The second kappa shape index (κ2) is 4.33. The van der Waals surface area contributed by atoms with Gasteiger partial charge in [-0.2, -0.15) is 0 Å². The Balaban J connectivity index is 2.04. The lowest BCUT2D eigenvalue weighted by Crippen LogP contribution is -2.39. The van der Waals surface area contributed by atoms with Crippen molar-refractivity contribution in [3.63, 3.8) is 0 Å². The van der Waals surface area contributed by atoms with E-state index in [-0.39, 0.29) is 0 Å². The molecule has 3 rings (SSSR count). The Hall–Kier alpha value is -1.04. The summed E-state index contributed by atoms with van der Waals surface area (Å²) in [5.41, 5.74) is 8.42. The number of aromatic nitrogens is 2. The van der Waals surface area contributed by atoms with Crippen molar-refractivity contribution in [3.05, 3.63) is 23.8 Å². The van der Waals surface area contributed by atoms with Crippen molar-refractivity contribution >= 4 is 21.7 Å². The molecule has 4 nitrogen and oxygen atoms in total. The number of hydrogen-bond donors (Lipinski definition) is 1. The van der Waals surface area contributed by atoms with Crippen LogP contribution in [0.3, 0.4) is 0 Å². The van der Waals surface area contributed by atoms with E-state index < -0.39 is 0 Å². The van der Waals surface area contributed by atoms with Crippen molar-refractivity contribution < 1.29 is 0 Å². The summed E-state index contributed by atoms with van der Waals surface area (Å²) in [6, 6.07) is 6.98. The Morgan fingerprint density at radius 2 is 2.35 bits per heavy atom. The van der Waals surface area contributed by atoms with Crippen LogP contribution in [0.15, 0.2) is 18.2 Å². The lowest BCUT2D eigenvalue weighted by atomic mass is 9.92. The van der Waals surface area contributed by atoms with Gasteiger partial charge in [0.2, 0.25) is 0 Å². The zero-order valence-electron chi connectivity index (χ0n) is 9.84. The van der Waals surface area contributed by atoms with E-state index in [4.69, 9.17) is 5.73 Å². The Kier molecular flexibility index (Phi) is 2.82. The van der Waals surface area contributed by atoms with Crippen molar-refractivity contribution in [1.29, 1.82) is 0 Å². The van der Waals surface area contributed by atoms with Gasteiger partial charge < -0.3 is 5.73 Å². The van der Waals surface area contributed by atoms with Crippen molar-refractivity contribution in [1.82, 2.24) is 14.5 Å². The first kappa shape index (κ1) is 11.1. The Labute approximate surface area is 105 Å². The van der Waals surface area contributed by atoms with E-state index in [1.165, 1.54) is 21.8 Å². The maximum atomic E-state index is 6.09. The zero-order chi connectivity index (χ0) is 11.8. The predicted octanol–water partition coefficient (Wildman–Crippen LogP) is 1.79. The normalized spacial score (nSPS) is 26.5. The fourth-order valence-electron chi connectivity index (χ4n) is 2.56. The van der Waals surface area contributed by atoms with Gasteiger partial charge in [-0.1, -0.05) is 16.6 Å². The van der Waals surface area contributed by atoms with Gasteiger partial charge in [0.05, 0.1) is 4.70 Å². The van der Waals surface area contributed by atoms with Crippen LogP contribution in [0.2, 0.25) is 0 Å². The van der Waals surface area contributed by atoms with Gasteiger partial charge in [-0.3, -0.25) is 4.90 Å². The molecular weight excluding hydrogens is 232 g/mol. The lowest BCUT2D eigenvalue weighted by molar-refractivity contribution is 0.173. The van der Waals surface area contributed by atoms with E-state index in [0.717, 1.165) is 24.9 Å². The van der Waals surface area contributed by atoms with Gasteiger partial charge in [0.25, 0.3) is 0 Å². The molecular formula is C12H16N4S. The third-order valence-corrected chi connectivity index (χ3v) is 4.37. The third kappa shape index (κ3) is 1.94. The minimum Gasteiger partial charge on any atom is -0.328 e. The summed E-state index contributed by atoms with van der Waals surface area (Å²) in [6.45, 7) is 1.06. The molecule has 1 aromatic heterocycles. The van der Waals surface area contributed by atoms with Gasteiger partial charge in [0.1, 0.15) is 5.52 Å². The molecule has 17 heavy (non-hydrogen) atoms. The smallest absolute Gasteiger partial charge is 0.106 e.